The third-order valence-corrected chi connectivity index (χ3v) is 3.85. The minimum atomic E-state index is -0.595. The summed E-state index contributed by atoms with van der Waals surface area (Å²) in [7, 11) is 0. The molecule has 122 valence electrons. The normalized spacial score (nSPS) is 14.7. The number of hydrogen-bond donors (Lipinski definition) is 3. The van der Waals surface area contributed by atoms with Gasteiger partial charge in [-0.1, -0.05) is 60.7 Å². The van der Waals surface area contributed by atoms with Crippen molar-refractivity contribution in [3.63, 3.8) is 0 Å². The van der Waals surface area contributed by atoms with Crippen LogP contribution < -0.4 is 10.6 Å². The van der Waals surface area contributed by atoms with Crippen molar-refractivity contribution < 1.29 is 9.90 Å². The summed E-state index contributed by atoms with van der Waals surface area (Å²) in [5.41, 5.74) is 1.85. The lowest BCUT2D eigenvalue weighted by Crippen LogP contribution is -2.45. The number of benzene rings is 2. The average Bonchev–Trinajstić information content (AvgIpc) is 2.60. The summed E-state index contributed by atoms with van der Waals surface area (Å²) < 4.78 is 0. The van der Waals surface area contributed by atoms with E-state index in [9.17, 15) is 9.90 Å². The van der Waals surface area contributed by atoms with Crippen molar-refractivity contribution in [2.75, 3.05) is 6.54 Å². The zero-order chi connectivity index (χ0) is 16.7. The molecular formula is C19H24N2O2. The SMILES string of the molecule is CC(NCC(O)c1ccccc1)NC(=O)C(C)c1ccccc1. The Morgan fingerprint density at radius 3 is 2.04 bits per heavy atom. The van der Waals surface area contributed by atoms with Crippen molar-refractivity contribution >= 4 is 5.91 Å². The average molecular weight is 312 g/mol. The first kappa shape index (κ1) is 17.2. The second kappa shape index (κ2) is 8.46. The number of hydrogen-bond acceptors (Lipinski definition) is 3. The molecule has 0 bridgehead atoms. The smallest absolute Gasteiger partial charge is 0.228 e. The van der Waals surface area contributed by atoms with E-state index < -0.39 is 6.10 Å². The van der Waals surface area contributed by atoms with E-state index in [4.69, 9.17) is 0 Å². The first-order valence-corrected chi connectivity index (χ1v) is 7.89. The number of nitrogens with one attached hydrogen (secondary N) is 2. The van der Waals surface area contributed by atoms with E-state index in [-0.39, 0.29) is 18.0 Å². The Balaban J connectivity index is 1.80. The van der Waals surface area contributed by atoms with Gasteiger partial charge in [0, 0.05) is 6.54 Å². The minimum Gasteiger partial charge on any atom is -0.387 e. The van der Waals surface area contributed by atoms with Gasteiger partial charge in [-0.05, 0) is 25.0 Å². The van der Waals surface area contributed by atoms with E-state index in [1.165, 1.54) is 0 Å². The van der Waals surface area contributed by atoms with Gasteiger partial charge >= 0.3 is 0 Å². The van der Waals surface area contributed by atoms with E-state index >= 15 is 0 Å². The highest BCUT2D eigenvalue weighted by Gasteiger charge is 2.17. The molecule has 0 aliphatic heterocycles. The summed E-state index contributed by atoms with van der Waals surface area (Å²) >= 11 is 0. The molecule has 0 heterocycles. The molecule has 3 atom stereocenters. The molecule has 2 aromatic carbocycles. The van der Waals surface area contributed by atoms with E-state index in [1.54, 1.807) is 0 Å². The van der Waals surface area contributed by atoms with E-state index in [0.29, 0.717) is 6.54 Å². The first-order chi connectivity index (χ1) is 11.1. The first-order valence-electron chi connectivity index (χ1n) is 7.89. The van der Waals surface area contributed by atoms with Gasteiger partial charge in [0.1, 0.15) is 0 Å². The van der Waals surface area contributed by atoms with E-state index in [2.05, 4.69) is 10.6 Å². The van der Waals surface area contributed by atoms with Gasteiger partial charge < -0.3 is 10.4 Å². The van der Waals surface area contributed by atoms with E-state index in [1.807, 2.05) is 74.5 Å². The lowest BCUT2D eigenvalue weighted by atomic mass is 10.0. The van der Waals surface area contributed by atoms with Crippen molar-refractivity contribution in [1.82, 2.24) is 10.6 Å². The molecule has 0 aliphatic carbocycles. The van der Waals surface area contributed by atoms with Crippen LogP contribution in [0.4, 0.5) is 0 Å². The van der Waals surface area contributed by atoms with Crippen LogP contribution in [0.2, 0.25) is 0 Å². The molecule has 0 saturated heterocycles. The molecule has 0 spiro atoms. The molecule has 0 fully saturated rings. The molecule has 0 aromatic heterocycles. The van der Waals surface area contributed by atoms with Gasteiger partial charge in [0.15, 0.2) is 0 Å². The monoisotopic (exact) mass is 312 g/mol. The maximum absolute atomic E-state index is 12.3. The number of aliphatic hydroxyl groups is 1. The molecule has 2 rings (SSSR count). The molecule has 2 aromatic rings. The Kier molecular flexibility index (Phi) is 6.32. The molecule has 3 unspecified atom stereocenters. The summed E-state index contributed by atoms with van der Waals surface area (Å²) in [6.07, 6.45) is -0.811. The van der Waals surface area contributed by atoms with Crippen LogP contribution in [0.5, 0.6) is 0 Å². The molecule has 4 heteroatoms. The Morgan fingerprint density at radius 2 is 1.48 bits per heavy atom. The Hall–Kier alpha value is -2.17. The van der Waals surface area contributed by atoms with Gasteiger partial charge in [-0.15, -0.1) is 0 Å². The largest absolute Gasteiger partial charge is 0.387 e. The minimum absolute atomic E-state index is 0.0367. The lowest BCUT2D eigenvalue weighted by molar-refractivity contribution is -0.123. The maximum Gasteiger partial charge on any atom is 0.228 e. The zero-order valence-electron chi connectivity index (χ0n) is 13.6. The molecule has 1 amide bonds. The second-order valence-electron chi connectivity index (χ2n) is 5.70. The van der Waals surface area contributed by atoms with Gasteiger partial charge in [0.2, 0.25) is 5.91 Å². The Labute approximate surface area is 137 Å². The number of carbonyl (C=O) groups is 1. The fraction of sp³-hybridized carbons (Fsp3) is 0.316. The van der Waals surface area contributed by atoms with Crippen molar-refractivity contribution in [1.29, 1.82) is 0 Å². The molecular weight excluding hydrogens is 288 g/mol. The third-order valence-electron chi connectivity index (χ3n) is 3.85. The topological polar surface area (TPSA) is 61.4 Å². The fourth-order valence-corrected chi connectivity index (χ4v) is 2.36. The van der Waals surface area contributed by atoms with E-state index in [0.717, 1.165) is 11.1 Å². The second-order valence-corrected chi connectivity index (χ2v) is 5.70. The van der Waals surface area contributed by atoms with Crippen molar-refractivity contribution in [3.05, 3.63) is 71.8 Å². The number of amides is 1. The molecule has 23 heavy (non-hydrogen) atoms. The third kappa shape index (κ3) is 5.20. The highest BCUT2D eigenvalue weighted by molar-refractivity contribution is 5.83. The summed E-state index contributed by atoms with van der Waals surface area (Å²) in [4.78, 5) is 12.3. The highest BCUT2D eigenvalue weighted by atomic mass is 16.3. The fourth-order valence-electron chi connectivity index (χ4n) is 2.36. The molecule has 0 saturated carbocycles. The van der Waals surface area contributed by atoms with Gasteiger partial charge in [-0.2, -0.15) is 0 Å². The quantitative estimate of drug-likeness (QED) is 0.689. The van der Waals surface area contributed by atoms with Crippen LogP contribution >= 0.6 is 0 Å². The van der Waals surface area contributed by atoms with Gasteiger partial charge in [-0.3, -0.25) is 10.1 Å². The van der Waals surface area contributed by atoms with Crippen LogP contribution in [0.15, 0.2) is 60.7 Å². The van der Waals surface area contributed by atoms with Crippen LogP contribution in [0.3, 0.4) is 0 Å². The Bertz CT molecular complexity index is 601. The predicted octanol–water partition coefficient (Wildman–Crippen LogP) is 2.58. The number of carbonyl (C=O) groups excluding carboxylic acids is 1. The van der Waals surface area contributed by atoms with Crippen LogP contribution in [0.1, 0.15) is 37.0 Å². The Morgan fingerprint density at radius 1 is 0.957 bits per heavy atom. The molecule has 4 nitrogen and oxygen atoms in total. The van der Waals surface area contributed by atoms with Gasteiger partial charge in [-0.25, -0.2) is 0 Å². The molecule has 0 radical (unpaired) electrons. The van der Waals surface area contributed by atoms with Crippen molar-refractivity contribution in [2.45, 2.75) is 32.0 Å². The van der Waals surface area contributed by atoms with Gasteiger partial charge in [0.05, 0.1) is 18.2 Å². The summed E-state index contributed by atoms with van der Waals surface area (Å²) in [5.74, 6) is -0.245. The summed E-state index contributed by atoms with van der Waals surface area (Å²) in [5, 5.41) is 16.2. The summed E-state index contributed by atoms with van der Waals surface area (Å²) in [6.45, 7) is 4.13. The molecule has 3 N–H and O–H groups in total. The van der Waals surface area contributed by atoms with Crippen molar-refractivity contribution in [2.24, 2.45) is 0 Å². The van der Waals surface area contributed by atoms with Crippen molar-refractivity contribution in [3.8, 4) is 0 Å². The molecule has 0 aliphatic rings. The zero-order valence-corrected chi connectivity index (χ0v) is 13.6. The van der Waals surface area contributed by atoms with Crippen LogP contribution in [0, 0.1) is 0 Å². The highest BCUT2D eigenvalue weighted by Crippen LogP contribution is 2.14. The van der Waals surface area contributed by atoms with Crippen LogP contribution in [0.25, 0.3) is 0 Å². The van der Waals surface area contributed by atoms with Gasteiger partial charge in [0.25, 0.3) is 0 Å². The number of rotatable bonds is 7. The van der Waals surface area contributed by atoms with Crippen LogP contribution in [-0.4, -0.2) is 23.7 Å². The number of aliphatic hydroxyl groups excluding tert-OH is 1. The summed E-state index contributed by atoms with van der Waals surface area (Å²) in [6, 6.07) is 19.1. The predicted molar refractivity (Wildman–Crippen MR) is 91.9 cm³/mol. The standard InChI is InChI=1S/C19H24N2O2/c1-14(16-9-5-3-6-10-16)19(23)21-15(2)20-13-18(22)17-11-7-4-8-12-17/h3-12,14-15,18,20,22H,13H2,1-2H3,(H,21,23). The lowest BCUT2D eigenvalue weighted by Gasteiger charge is -2.21. The van der Waals surface area contributed by atoms with Crippen LogP contribution in [-0.2, 0) is 4.79 Å². The maximum atomic E-state index is 12.3.